The minimum atomic E-state index is -1.14. The summed E-state index contributed by atoms with van der Waals surface area (Å²) in [6.45, 7) is 1.41. The van der Waals surface area contributed by atoms with Gasteiger partial charge in [-0.3, -0.25) is 9.59 Å². The van der Waals surface area contributed by atoms with E-state index >= 15 is 0 Å². The second-order valence-electron chi connectivity index (χ2n) is 7.26. The molecule has 1 N–H and O–H groups in total. The van der Waals surface area contributed by atoms with Gasteiger partial charge in [0.15, 0.2) is 5.69 Å². The first kappa shape index (κ1) is 20.9. The number of hydrogen-bond donors (Lipinski definition) is 1. The Kier molecular flexibility index (Phi) is 5.69. The first-order valence-corrected chi connectivity index (χ1v) is 9.90. The Morgan fingerprint density at radius 2 is 2.10 bits per heavy atom. The van der Waals surface area contributed by atoms with Crippen molar-refractivity contribution in [3.63, 3.8) is 0 Å². The molecule has 3 aromatic rings. The number of nitrogens with zero attached hydrogens (tertiary/aromatic N) is 4. The monoisotopic (exact) mass is 445 g/mol. The van der Waals surface area contributed by atoms with Crippen molar-refractivity contribution in [2.75, 3.05) is 13.2 Å². The number of alkyl halides is 1. The molecule has 1 aromatic carbocycles. The number of amides is 2. The summed E-state index contributed by atoms with van der Waals surface area (Å²) in [7, 11) is 0. The zero-order chi connectivity index (χ0) is 22.1. The highest BCUT2D eigenvalue weighted by atomic mass is 35.5. The molecule has 1 unspecified atom stereocenters. The van der Waals surface area contributed by atoms with Crippen LogP contribution in [-0.4, -0.2) is 50.9 Å². The molecule has 1 aliphatic heterocycles. The molecule has 1 saturated heterocycles. The largest absolute Gasteiger partial charge is 0.337 e. The molecule has 3 heterocycles. The van der Waals surface area contributed by atoms with Gasteiger partial charge in [-0.05, 0) is 42.8 Å². The fraction of sp³-hybridized carbons (Fsp3) is 0.238. The van der Waals surface area contributed by atoms with E-state index in [1.54, 1.807) is 18.2 Å². The van der Waals surface area contributed by atoms with Crippen LogP contribution in [0.15, 0.2) is 42.6 Å². The van der Waals surface area contributed by atoms with Crippen molar-refractivity contribution in [3.8, 4) is 16.9 Å². The molecule has 0 aliphatic carbocycles. The van der Waals surface area contributed by atoms with Crippen molar-refractivity contribution in [2.45, 2.75) is 19.5 Å². The van der Waals surface area contributed by atoms with E-state index in [1.807, 2.05) is 0 Å². The van der Waals surface area contributed by atoms with Crippen molar-refractivity contribution >= 4 is 23.4 Å². The Morgan fingerprint density at radius 1 is 1.29 bits per heavy atom. The Bertz CT molecular complexity index is 1160. The lowest BCUT2D eigenvalue weighted by molar-refractivity contribution is -0.118. The lowest BCUT2D eigenvalue weighted by atomic mass is 10.0. The van der Waals surface area contributed by atoms with Gasteiger partial charge in [-0.25, -0.2) is 18.4 Å². The number of pyridine rings is 1. The Balaban J connectivity index is 1.82. The van der Waals surface area contributed by atoms with E-state index in [1.165, 1.54) is 40.9 Å². The van der Waals surface area contributed by atoms with Gasteiger partial charge in [-0.2, -0.15) is 5.10 Å². The molecular weight excluding hydrogens is 428 g/mol. The van der Waals surface area contributed by atoms with E-state index in [-0.39, 0.29) is 36.4 Å². The minimum absolute atomic E-state index is 0.0489. The van der Waals surface area contributed by atoms with Crippen LogP contribution >= 0.6 is 11.6 Å². The molecule has 0 bridgehead atoms. The third-order valence-electron chi connectivity index (χ3n) is 4.74. The molecule has 160 valence electrons. The van der Waals surface area contributed by atoms with Crippen LogP contribution in [0.1, 0.15) is 23.0 Å². The molecular formula is C21H18ClF2N5O2. The number of carbonyl (C=O) groups is 2. The molecule has 0 spiro atoms. The van der Waals surface area contributed by atoms with E-state index in [0.717, 1.165) is 0 Å². The van der Waals surface area contributed by atoms with Crippen LogP contribution in [0.2, 0.25) is 5.15 Å². The number of rotatable bonds is 5. The van der Waals surface area contributed by atoms with Crippen molar-refractivity contribution in [3.05, 3.63) is 64.8 Å². The number of hydrogen-bond acceptors (Lipinski definition) is 4. The summed E-state index contributed by atoms with van der Waals surface area (Å²) in [5, 5.41) is 7.17. The van der Waals surface area contributed by atoms with Gasteiger partial charge in [0.05, 0.1) is 18.1 Å². The van der Waals surface area contributed by atoms with Crippen LogP contribution in [0.3, 0.4) is 0 Å². The fourth-order valence-corrected chi connectivity index (χ4v) is 3.60. The van der Waals surface area contributed by atoms with E-state index in [2.05, 4.69) is 15.4 Å². The topological polar surface area (TPSA) is 80.1 Å². The number of nitrogens with one attached hydrogen (secondary N) is 1. The Hall–Kier alpha value is -3.33. The predicted octanol–water partition coefficient (Wildman–Crippen LogP) is 3.16. The highest BCUT2D eigenvalue weighted by Crippen LogP contribution is 2.28. The maximum atomic E-state index is 14.3. The number of carbonyl (C=O) groups excluding carboxylic acids is 2. The molecule has 1 fully saturated rings. The molecule has 31 heavy (non-hydrogen) atoms. The molecule has 7 nitrogen and oxygen atoms in total. The summed E-state index contributed by atoms with van der Waals surface area (Å²) < 4.78 is 29.3. The SMILES string of the molecule is CC(F)Cc1cc(F)cc(-c2cc(C(=O)N3CNC(=O)C3)nn2-c2ccnc(Cl)c2)c1. The molecule has 1 aliphatic rings. The Labute approximate surface area is 181 Å². The average molecular weight is 446 g/mol. The number of halogens is 3. The third kappa shape index (κ3) is 4.56. The molecule has 2 amide bonds. The summed E-state index contributed by atoms with van der Waals surface area (Å²) >= 11 is 6.02. The first-order valence-electron chi connectivity index (χ1n) is 9.52. The van der Waals surface area contributed by atoms with Gasteiger partial charge in [0, 0.05) is 24.2 Å². The van der Waals surface area contributed by atoms with Crippen LogP contribution in [0, 0.1) is 5.82 Å². The number of aromatic nitrogens is 3. The maximum Gasteiger partial charge on any atom is 0.276 e. The second kappa shape index (κ2) is 8.43. The zero-order valence-corrected chi connectivity index (χ0v) is 17.2. The van der Waals surface area contributed by atoms with Gasteiger partial charge in [0.25, 0.3) is 5.91 Å². The minimum Gasteiger partial charge on any atom is -0.337 e. The predicted molar refractivity (Wildman–Crippen MR) is 110 cm³/mol. The van der Waals surface area contributed by atoms with Crippen molar-refractivity contribution in [1.82, 2.24) is 25.0 Å². The zero-order valence-electron chi connectivity index (χ0n) is 16.5. The van der Waals surface area contributed by atoms with Gasteiger partial charge in [-0.15, -0.1) is 0 Å². The van der Waals surface area contributed by atoms with Crippen LogP contribution in [0.5, 0.6) is 0 Å². The quantitative estimate of drug-likeness (QED) is 0.612. The lowest BCUT2D eigenvalue weighted by Crippen LogP contribution is -2.30. The molecule has 4 rings (SSSR count). The molecule has 1 atom stereocenters. The van der Waals surface area contributed by atoms with Gasteiger partial charge in [-0.1, -0.05) is 11.6 Å². The van der Waals surface area contributed by atoms with Crippen molar-refractivity contribution < 1.29 is 18.4 Å². The number of benzene rings is 1. The summed E-state index contributed by atoms with van der Waals surface area (Å²) in [6, 6.07) is 8.93. The third-order valence-corrected chi connectivity index (χ3v) is 4.95. The van der Waals surface area contributed by atoms with Crippen LogP contribution < -0.4 is 5.32 Å². The maximum absolute atomic E-state index is 14.3. The van der Waals surface area contributed by atoms with Gasteiger partial charge in [0.2, 0.25) is 5.91 Å². The summed E-state index contributed by atoms with van der Waals surface area (Å²) in [5.74, 6) is -1.24. The summed E-state index contributed by atoms with van der Waals surface area (Å²) in [4.78, 5) is 29.6. The lowest BCUT2D eigenvalue weighted by Gasteiger charge is -2.11. The second-order valence-corrected chi connectivity index (χ2v) is 7.64. The highest BCUT2D eigenvalue weighted by Gasteiger charge is 2.27. The smallest absolute Gasteiger partial charge is 0.276 e. The average Bonchev–Trinajstić information content (AvgIpc) is 3.33. The van der Waals surface area contributed by atoms with Crippen molar-refractivity contribution in [1.29, 1.82) is 0 Å². The van der Waals surface area contributed by atoms with Crippen molar-refractivity contribution in [2.24, 2.45) is 0 Å². The van der Waals surface area contributed by atoms with Gasteiger partial charge >= 0.3 is 0 Å². The Morgan fingerprint density at radius 3 is 2.77 bits per heavy atom. The van der Waals surface area contributed by atoms with Crippen LogP contribution in [0.25, 0.3) is 16.9 Å². The van der Waals surface area contributed by atoms with Crippen LogP contribution in [0.4, 0.5) is 8.78 Å². The first-order chi connectivity index (χ1) is 14.8. The van der Waals surface area contributed by atoms with Gasteiger partial charge < -0.3 is 10.2 Å². The molecule has 2 aromatic heterocycles. The molecule has 10 heteroatoms. The summed E-state index contributed by atoms with van der Waals surface area (Å²) in [6.07, 6.45) is 0.388. The van der Waals surface area contributed by atoms with E-state index < -0.39 is 17.9 Å². The van der Waals surface area contributed by atoms with E-state index in [0.29, 0.717) is 22.5 Å². The molecule has 0 radical (unpaired) electrons. The fourth-order valence-electron chi connectivity index (χ4n) is 3.43. The van der Waals surface area contributed by atoms with E-state index in [9.17, 15) is 18.4 Å². The highest BCUT2D eigenvalue weighted by molar-refractivity contribution is 6.29. The van der Waals surface area contributed by atoms with E-state index in [4.69, 9.17) is 11.6 Å². The summed E-state index contributed by atoms with van der Waals surface area (Å²) in [5.41, 5.74) is 1.90. The van der Waals surface area contributed by atoms with Gasteiger partial charge in [0.1, 0.15) is 23.7 Å². The molecule has 0 saturated carbocycles. The van der Waals surface area contributed by atoms with Crippen LogP contribution in [-0.2, 0) is 11.2 Å². The normalized spacial score (nSPS) is 14.6. The standard InChI is InChI=1S/C21H18ClF2N5O2/c1-12(23)4-13-5-14(7-15(24)6-13)18-9-17(21(31)28-10-20(30)26-11-28)27-29(18)16-2-3-25-19(22)8-16/h2-3,5-9,12H,4,10-11H2,1H3,(H,26,30).